The van der Waals surface area contributed by atoms with Gasteiger partial charge in [0.05, 0.1) is 28.7 Å². The Morgan fingerprint density at radius 2 is 1.92 bits per heavy atom. The van der Waals surface area contributed by atoms with Crippen molar-refractivity contribution in [2.45, 2.75) is 0 Å². The van der Waals surface area contributed by atoms with Gasteiger partial charge in [-0.1, -0.05) is 11.6 Å². The maximum absolute atomic E-state index is 14.2. The van der Waals surface area contributed by atoms with Gasteiger partial charge < -0.3 is 4.98 Å². The first-order valence-electron chi connectivity index (χ1n) is 7.03. The Hall–Kier alpha value is -2.31. The predicted octanol–water partition coefficient (Wildman–Crippen LogP) is 5.24. The number of pyridine rings is 2. The minimum absolute atomic E-state index is 0.327. The summed E-state index contributed by atoms with van der Waals surface area (Å²) >= 11 is 9.38. The molecule has 1 aromatic carbocycles. The summed E-state index contributed by atoms with van der Waals surface area (Å²) in [4.78, 5) is 16.2. The zero-order chi connectivity index (χ0) is 16.7. The van der Waals surface area contributed by atoms with E-state index in [2.05, 4.69) is 35.9 Å². The largest absolute Gasteiger partial charge is 0.343 e. The van der Waals surface area contributed by atoms with Crippen molar-refractivity contribution in [3.63, 3.8) is 0 Å². The molecule has 1 N–H and O–H groups in total. The second kappa shape index (κ2) is 5.96. The molecule has 0 aliphatic heterocycles. The monoisotopic (exact) mass is 402 g/mol. The van der Waals surface area contributed by atoms with Crippen molar-refractivity contribution in [3.8, 4) is 22.6 Å². The van der Waals surface area contributed by atoms with Gasteiger partial charge in [-0.25, -0.2) is 14.4 Å². The average Bonchev–Trinajstić information content (AvgIpc) is 3.05. The fourth-order valence-corrected chi connectivity index (χ4v) is 2.99. The number of imidazole rings is 1. The molecular weight excluding hydrogens is 395 g/mol. The molecule has 3 aromatic heterocycles. The molecule has 24 heavy (non-hydrogen) atoms. The highest BCUT2D eigenvalue weighted by molar-refractivity contribution is 9.10. The number of hydrogen-bond donors (Lipinski definition) is 1. The standard InChI is InChI=1S/C17H9BrClFN4/c18-9-5-15-13(21-7-9)3-4-14(24-15)17-16(22-8-23-17)11-6-10(19)1-2-12(11)20/h1-8H,(H,22,23). The molecule has 4 aromatic rings. The molecule has 0 fully saturated rings. The lowest BCUT2D eigenvalue weighted by Gasteiger charge is -2.06. The van der Waals surface area contributed by atoms with Crippen molar-refractivity contribution >= 4 is 38.6 Å². The fraction of sp³-hybridized carbons (Fsp3) is 0. The molecule has 3 heterocycles. The first-order chi connectivity index (χ1) is 11.6. The maximum atomic E-state index is 14.2. The maximum Gasteiger partial charge on any atom is 0.132 e. The normalized spacial score (nSPS) is 11.1. The molecule has 0 saturated carbocycles. The molecule has 0 bridgehead atoms. The second-order valence-electron chi connectivity index (χ2n) is 5.14. The van der Waals surface area contributed by atoms with E-state index >= 15 is 0 Å². The number of rotatable bonds is 2. The van der Waals surface area contributed by atoms with Crippen LogP contribution in [0.2, 0.25) is 5.02 Å². The third-order valence-electron chi connectivity index (χ3n) is 3.58. The molecule has 4 rings (SSSR count). The van der Waals surface area contributed by atoms with Gasteiger partial charge in [0.25, 0.3) is 0 Å². The Morgan fingerprint density at radius 1 is 1.04 bits per heavy atom. The molecule has 4 nitrogen and oxygen atoms in total. The van der Waals surface area contributed by atoms with E-state index in [4.69, 9.17) is 11.6 Å². The van der Waals surface area contributed by atoms with E-state index in [0.29, 0.717) is 27.7 Å². The van der Waals surface area contributed by atoms with Gasteiger partial charge in [-0.3, -0.25) is 4.98 Å². The summed E-state index contributed by atoms with van der Waals surface area (Å²) in [5.74, 6) is -0.391. The van der Waals surface area contributed by atoms with Gasteiger partial charge >= 0.3 is 0 Å². The second-order valence-corrected chi connectivity index (χ2v) is 6.49. The van der Waals surface area contributed by atoms with E-state index in [1.807, 2.05) is 18.2 Å². The van der Waals surface area contributed by atoms with E-state index in [9.17, 15) is 4.39 Å². The number of benzene rings is 1. The van der Waals surface area contributed by atoms with Gasteiger partial charge in [0, 0.05) is 21.3 Å². The molecule has 0 aliphatic carbocycles. The van der Waals surface area contributed by atoms with Gasteiger partial charge in [0.1, 0.15) is 11.5 Å². The van der Waals surface area contributed by atoms with Crippen LogP contribution in [-0.2, 0) is 0 Å². The topological polar surface area (TPSA) is 54.5 Å². The van der Waals surface area contributed by atoms with Gasteiger partial charge in [0.2, 0.25) is 0 Å². The van der Waals surface area contributed by atoms with Crippen LogP contribution in [0.5, 0.6) is 0 Å². The quantitative estimate of drug-likeness (QED) is 0.498. The smallest absolute Gasteiger partial charge is 0.132 e. The highest BCUT2D eigenvalue weighted by atomic mass is 79.9. The van der Waals surface area contributed by atoms with Crippen LogP contribution in [0, 0.1) is 5.82 Å². The average molecular weight is 404 g/mol. The van der Waals surface area contributed by atoms with Crippen LogP contribution in [0.25, 0.3) is 33.7 Å². The highest BCUT2D eigenvalue weighted by Gasteiger charge is 2.16. The molecule has 0 aliphatic rings. The lowest BCUT2D eigenvalue weighted by molar-refractivity contribution is 0.631. The summed E-state index contributed by atoms with van der Waals surface area (Å²) in [5.41, 5.74) is 3.57. The number of aromatic nitrogens is 4. The lowest BCUT2D eigenvalue weighted by Crippen LogP contribution is -1.92. The molecule has 0 amide bonds. The molecule has 0 unspecified atom stereocenters. The first kappa shape index (κ1) is 15.2. The van der Waals surface area contributed by atoms with Crippen LogP contribution in [0.3, 0.4) is 0 Å². The Bertz CT molecular complexity index is 1060. The number of halogens is 3. The highest BCUT2D eigenvalue weighted by Crippen LogP contribution is 2.32. The fourth-order valence-electron chi connectivity index (χ4n) is 2.49. The van der Waals surface area contributed by atoms with Crippen LogP contribution < -0.4 is 0 Å². The Kier molecular flexibility index (Phi) is 3.78. The van der Waals surface area contributed by atoms with Crippen molar-refractivity contribution in [2.24, 2.45) is 0 Å². The number of H-pyrrole nitrogens is 1. The Balaban J connectivity index is 1.89. The van der Waals surface area contributed by atoms with Crippen LogP contribution in [0.4, 0.5) is 4.39 Å². The van der Waals surface area contributed by atoms with E-state index in [1.165, 1.54) is 18.5 Å². The van der Waals surface area contributed by atoms with Gasteiger partial charge in [-0.05, 0) is 52.3 Å². The number of nitrogens with zero attached hydrogens (tertiary/aromatic N) is 3. The van der Waals surface area contributed by atoms with E-state index in [0.717, 1.165) is 15.5 Å². The number of aromatic amines is 1. The molecule has 0 spiro atoms. The third-order valence-corrected chi connectivity index (χ3v) is 4.25. The molecular formula is C17H9BrClFN4. The summed E-state index contributed by atoms with van der Waals surface area (Å²) in [6, 6.07) is 9.94. The zero-order valence-corrected chi connectivity index (χ0v) is 14.4. The van der Waals surface area contributed by atoms with Crippen molar-refractivity contribution in [1.29, 1.82) is 0 Å². The van der Waals surface area contributed by atoms with E-state index in [1.54, 1.807) is 12.3 Å². The number of nitrogens with one attached hydrogen (secondary N) is 1. The molecule has 118 valence electrons. The van der Waals surface area contributed by atoms with E-state index < -0.39 is 5.82 Å². The van der Waals surface area contributed by atoms with Crippen molar-refractivity contribution < 1.29 is 4.39 Å². The van der Waals surface area contributed by atoms with E-state index in [-0.39, 0.29) is 0 Å². The van der Waals surface area contributed by atoms with Crippen LogP contribution in [-0.4, -0.2) is 19.9 Å². The minimum atomic E-state index is -0.391. The van der Waals surface area contributed by atoms with Gasteiger partial charge in [-0.15, -0.1) is 0 Å². The zero-order valence-electron chi connectivity index (χ0n) is 12.1. The summed E-state index contributed by atoms with van der Waals surface area (Å²) in [5, 5.41) is 0.444. The molecule has 0 saturated heterocycles. The summed E-state index contributed by atoms with van der Waals surface area (Å²) < 4.78 is 15.0. The molecule has 7 heteroatoms. The summed E-state index contributed by atoms with van der Waals surface area (Å²) in [6.45, 7) is 0. The Morgan fingerprint density at radius 3 is 2.79 bits per heavy atom. The molecule has 0 radical (unpaired) electrons. The van der Waals surface area contributed by atoms with Gasteiger partial charge in [-0.2, -0.15) is 0 Å². The summed E-state index contributed by atoms with van der Waals surface area (Å²) in [6.07, 6.45) is 3.22. The van der Waals surface area contributed by atoms with Gasteiger partial charge in [0.15, 0.2) is 0 Å². The van der Waals surface area contributed by atoms with Crippen LogP contribution in [0.1, 0.15) is 0 Å². The van der Waals surface area contributed by atoms with Crippen molar-refractivity contribution in [2.75, 3.05) is 0 Å². The molecule has 0 atom stereocenters. The minimum Gasteiger partial charge on any atom is -0.343 e. The Labute approximate surface area is 149 Å². The summed E-state index contributed by atoms with van der Waals surface area (Å²) in [7, 11) is 0. The number of fused-ring (bicyclic) bond motifs is 1. The first-order valence-corrected chi connectivity index (χ1v) is 8.20. The SMILES string of the molecule is Fc1ccc(Cl)cc1-c1nc[nH]c1-c1ccc2ncc(Br)cc2n1. The van der Waals surface area contributed by atoms with Crippen molar-refractivity contribution in [1.82, 2.24) is 19.9 Å². The number of hydrogen-bond acceptors (Lipinski definition) is 3. The van der Waals surface area contributed by atoms with Crippen molar-refractivity contribution in [3.05, 3.63) is 64.2 Å². The van der Waals surface area contributed by atoms with Crippen LogP contribution >= 0.6 is 27.5 Å². The third kappa shape index (κ3) is 2.68. The lowest BCUT2D eigenvalue weighted by atomic mass is 10.1. The van der Waals surface area contributed by atoms with Crippen LogP contribution in [0.15, 0.2) is 53.4 Å². The predicted molar refractivity (Wildman–Crippen MR) is 95.2 cm³/mol.